The summed E-state index contributed by atoms with van der Waals surface area (Å²) in [4.78, 5) is 0. The van der Waals surface area contributed by atoms with E-state index in [0.29, 0.717) is 27.7 Å². The summed E-state index contributed by atoms with van der Waals surface area (Å²) < 4.78 is 7.61. The molecule has 3 nitrogen and oxygen atoms in total. The molecule has 0 radical (unpaired) electrons. The maximum absolute atomic E-state index is 6.30. The van der Waals surface area contributed by atoms with E-state index in [1.807, 2.05) is 32.2 Å². The second-order valence-electron chi connectivity index (χ2n) is 4.33. The van der Waals surface area contributed by atoms with Crippen molar-refractivity contribution in [2.24, 2.45) is 7.05 Å². The maximum atomic E-state index is 6.30. The van der Waals surface area contributed by atoms with Crippen molar-refractivity contribution in [2.45, 2.75) is 25.3 Å². The molecule has 0 N–H and O–H groups in total. The highest BCUT2D eigenvalue weighted by atomic mass is 79.9. The Morgan fingerprint density at radius 1 is 1.35 bits per heavy atom. The van der Waals surface area contributed by atoms with Gasteiger partial charge in [-0.1, -0.05) is 58.2 Å². The first kappa shape index (κ1) is 15.7. The number of hydrogen-bond donors (Lipinski definition) is 0. The van der Waals surface area contributed by atoms with Crippen LogP contribution < -0.4 is 4.74 Å². The summed E-state index contributed by atoms with van der Waals surface area (Å²) in [7, 11) is 1.86. The lowest BCUT2D eigenvalue weighted by molar-refractivity contribution is 0.293. The number of hydrogen-bond acceptors (Lipinski definition) is 2. The molecule has 1 aromatic heterocycles. The zero-order valence-electron chi connectivity index (χ0n) is 11.3. The molecule has 1 aromatic carbocycles. The van der Waals surface area contributed by atoms with Crippen LogP contribution in [0.4, 0.5) is 0 Å². The van der Waals surface area contributed by atoms with Gasteiger partial charge in [0.05, 0.1) is 21.4 Å². The fourth-order valence-electron chi connectivity index (χ4n) is 1.94. The normalized spacial score (nSPS) is 10.8. The zero-order chi connectivity index (χ0) is 14.7. The zero-order valence-corrected chi connectivity index (χ0v) is 14.4. The molecular formula is C14H15BrCl2N2O. The van der Waals surface area contributed by atoms with Gasteiger partial charge in [-0.25, -0.2) is 0 Å². The SMILES string of the molecule is CCc1nn(C)c(COc2c(Cl)cccc2CBr)c1Cl. The smallest absolute Gasteiger partial charge is 0.142 e. The van der Waals surface area contributed by atoms with E-state index in [-0.39, 0.29) is 0 Å². The van der Waals surface area contributed by atoms with E-state index in [9.17, 15) is 0 Å². The Labute approximate surface area is 137 Å². The molecule has 108 valence electrons. The van der Waals surface area contributed by atoms with E-state index >= 15 is 0 Å². The quantitative estimate of drug-likeness (QED) is 0.702. The molecule has 0 aliphatic carbocycles. The van der Waals surface area contributed by atoms with E-state index in [1.54, 1.807) is 4.68 Å². The highest BCUT2D eigenvalue weighted by Gasteiger charge is 2.15. The summed E-state index contributed by atoms with van der Waals surface area (Å²) in [6, 6.07) is 5.68. The number of ether oxygens (including phenoxy) is 1. The predicted molar refractivity (Wildman–Crippen MR) is 86.0 cm³/mol. The molecule has 0 unspecified atom stereocenters. The number of alkyl halides is 1. The van der Waals surface area contributed by atoms with Crippen LogP contribution in [0.3, 0.4) is 0 Å². The van der Waals surface area contributed by atoms with Crippen LogP contribution in [0.1, 0.15) is 23.9 Å². The highest BCUT2D eigenvalue weighted by molar-refractivity contribution is 9.08. The van der Waals surface area contributed by atoms with Crippen LogP contribution >= 0.6 is 39.1 Å². The van der Waals surface area contributed by atoms with Gasteiger partial charge in [-0.3, -0.25) is 4.68 Å². The lowest BCUT2D eigenvalue weighted by atomic mass is 10.2. The van der Waals surface area contributed by atoms with Gasteiger partial charge in [0.15, 0.2) is 0 Å². The van der Waals surface area contributed by atoms with Crippen LogP contribution in [0.5, 0.6) is 5.75 Å². The number of aromatic nitrogens is 2. The van der Waals surface area contributed by atoms with Gasteiger partial charge in [0.2, 0.25) is 0 Å². The van der Waals surface area contributed by atoms with Crippen LogP contribution in [0.25, 0.3) is 0 Å². The highest BCUT2D eigenvalue weighted by Crippen LogP contribution is 2.31. The van der Waals surface area contributed by atoms with Gasteiger partial charge < -0.3 is 4.74 Å². The van der Waals surface area contributed by atoms with Gasteiger partial charge in [0.25, 0.3) is 0 Å². The second-order valence-corrected chi connectivity index (χ2v) is 5.68. The molecule has 0 aliphatic rings. The lowest BCUT2D eigenvalue weighted by Crippen LogP contribution is -2.05. The summed E-state index contributed by atoms with van der Waals surface area (Å²) in [5, 5.41) is 6.31. The molecular weight excluding hydrogens is 363 g/mol. The van der Waals surface area contributed by atoms with Crippen LogP contribution in [0, 0.1) is 0 Å². The second kappa shape index (κ2) is 6.83. The molecule has 0 amide bonds. The summed E-state index contributed by atoms with van der Waals surface area (Å²) in [6.45, 7) is 2.36. The van der Waals surface area contributed by atoms with Crippen molar-refractivity contribution in [1.82, 2.24) is 9.78 Å². The fraction of sp³-hybridized carbons (Fsp3) is 0.357. The third-order valence-corrected chi connectivity index (χ3v) is 4.39. The number of rotatable bonds is 5. The molecule has 1 heterocycles. The molecule has 2 aromatic rings. The summed E-state index contributed by atoms with van der Waals surface area (Å²) in [5.74, 6) is 0.682. The number of halogens is 3. The third-order valence-electron chi connectivity index (χ3n) is 3.05. The summed E-state index contributed by atoms with van der Waals surface area (Å²) in [6.07, 6.45) is 0.797. The van der Waals surface area contributed by atoms with Gasteiger partial charge in [-0.2, -0.15) is 5.10 Å². The third kappa shape index (κ3) is 3.13. The monoisotopic (exact) mass is 376 g/mol. The van der Waals surface area contributed by atoms with Crippen molar-refractivity contribution in [3.05, 3.63) is 45.2 Å². The van der Waals surface area contributed by atoms with Gasteiger partial charge in [0, 0.05) is 17.9 Å². The Morgan fingerprint density at radius 2 is 2.10 bits per heavy atom. The fourth-order valence-corrected chi connectivity index (χ4v) is 2.98. The number of benzene rings is 1. The molecule has 2 rings (SSSR count). The molecule has 0 saturated carbocycles. The minimum absolute atomic E-state index is 0.339. The topological polar surface area (TPSA) is 27.1 Å². The van der Waals surface area contributed by atoms with Crippen molar-refractivity contribution in [3.63, 3.8) is 0 Å². The molecule has 0 aliphatic heterocycles. The van der Waals surface area contributed by atoms with E-state index in [2.05, 4.69) is 21.0 Å². The standard InChI is InChI=1S/C14H15BrCl2N2O/c1-3-11-13(17)12(19(2)18-11)8-20-14-9(7-15)5-4-6-10(14)16/h4-6H,3,7-8H2,1-2H3. The molecule has 20 heavy (non-hydrogen) atoms. The first-order valence-corrected chi connectivity index (χ1v) is 8.12. The number of para-hydroxylation sites is 1. The van der Waals surface area contributed by atoms with Crippen molar-refractivity contribution in [2.75, 3.05) is 0 Å². The van der Waals surface area contributed by atoms with Gasteiger partial charge in [0.1, 0.15) is 12.4 Å². The minimum Gasteiger partial charge on any atom is -0.485 e. The molecule has 0 fully saturated rings. The van der Waals surface area contributed by atoms with Crippen LogP contribution in [0.2, 0.25) is 10.0 Å². The molecule has 0 atom stereocenters. The minimum atomic E-state index is 0.339. The molecule has 0 bridgehead atoms. The van der Waals surface area contributed by atoms with Crippen molar-refractivity contribution >= 4 is 39.1 Å². The first-order valence-electron chi connectivity index (χ1n) is 6.24. The Kier molecular flexibility index (Phi) is 5.35. The van der Waals surface area contributed by atoms with E-state index in [1.165, 1.54) is 0 Å². The van der Waals surface area contributed by atoms with Crippen LogP contribution in [-0.4, -0.2) is 9.78 Å². The largest absolute Gasteiger partial charge is 0.485 e. The molecule has 0 saturated heterocycles. The maximum Gasteiger partial charge on any atom is 0.142 e. The Balaban J connectivity index is 2.23. The predicted octanol–water partition coefficient (Wildman–Crippen LogP) is 4.76. The van der Waals surface area contributed by atoms with Crippen molar-refractivity contribution in [1.29, 1.82) is 0 Å². The number of nitrogens with zero attached hydrogens (tertiary/aromatic N) is 2. The van der Waals surface area contributed by atoms with E-state index in [0.717, 1.165) is 23.4 Å². The first-order chi connectivity index (χ1) is 9.58. The summed E-state index contributed by atoms with van der Waals surface area (Å²) in [5.41, 5.74) is 2.74. The van der Waals surface area contributed by atoms with Crippen LogP contribution in [-0.2, 0) is 25.4 Å². The average molecular weight is 378 g/mol. The van der Waals surface area contributed by atoms with Gasteiger partial charge >= 0.3 is 0 Å². The summed E-state index contributed by atoms with van der Waals surface area (Å²) >= 11 is 15.9. The van der Waals surface area contributed by atoms with Crippen LogP contribution in [0.15, 0.2) is 18.2 Å². The van der Waals surface area contributed by atoms with Gasteiger partial charge in [-0.15, -0.1) is 0 Å². The van der Waals surface area contributed by atoms with E-state index in [4.69, 9.17) is 27.9 Å². The molecule has 6 heteroatoms. The van der Waals surface area contributed by atoms with Gasteiger partial charge in [-0.05, 0) is 12.5 Å². The van der Waals surface area contributed by atoms with E-state index < -0.39 is 0 Å². The lowest BCUT2D eigenvalue weighted by Gasteiger charge is -2.12. The number of aryl methyl sites for hydroxylation is 2. The van der Waals surface area contributed by atoms with Crippen molar-refractivity contribution < 1.29 is 4.74 Å². The Hall–Kier alpha value is -0.710. The Bertz CT molecular complexity index is 613. The molecule has 0 spiro atoms. The van der Waals surface area contributed by atoms with Crippen molar-refractivity contribution in [3.8, 4) is 5.75 Å². The average Bonchev–Trinajstić information content (AvgIpc) is 2.72. The Morgan fingerprint density at radius 3 is 2.70 bits per heavy atom.